The predicted molar refractivity (Wildman–Crippen MR) is 98.8 cm³/mol. The SMILES string of the molecule is Cc1ccc(N2C[C@@H](C(=O)N/N=C/c3ccccc3Cl)CC2=O)cc1. The number of hydrazone groups is 1. The van der Waals surface area contributed by atoms with Crippen molar-refractivity contribution in [1.82, 2.24) is 5.43 Å². The Morgan fingerprint density at radius 1 is 1.24 bits per heavy atom. The first kappa shape index (κ1) is 17.2. The number of nitrogens with one attached hydrogen (secondary N) is 1. The first-order valence-electron chi connectivity index (χ1n) is 7.99. The van der Waals surface area contributed by atoms with E-state index in [9.17, 15) is 9.59 Å². The molecule has 1 saturated heterocycles. The van der Waals surface area contributed by atoms with Crippen LogP contribution in [-0.4, -0.2) is 24.6 Å². The van der Waals surface area contributed by atoms with Gasteiger partial charge in [-0.05, 0) is 25.1 Å². The van der Waals surface area contributed by atoms with Crippen LogP contribution < -0.4 is 10.3 Å². The number of benzene rings is 2. The van der Waals surface area contributed by atoms with Gasteiger partial charge in [-0.3, -0.25) is 9.59 Å². The number of amides is 2. The number of carbonyl (C=O) groups excluding carboxylic acids is 2. The topological polar surface area (TPSA) is 61.8 Å². The Bertz CT molecular complexity index is 818. The van der Waals surface area contributed by atoms with E-state index in [-0.39, 0.29) is 18.2 Å². The van der Waals surface area contributed by atoms with Gasteiger partial charge in [0.25, 0.3) is 0 Å². The average Bonchev–Trinajstić information content (AvgIpc) is 2.99. The Hall–Kier alpha value is -2.66. The van der Waals surface area contributed by atoms with Crippen molar-refractivity contribution in [2.24, 2.45) is 11.0 Å². The molecule has 0 aromatic heterocycles. The fourth-order valence-corrected chi connectivity index (χ4v) is 2.88. The van der Waals surface area contributed by atoms with Crippen LogP contribution in [0.5, 0.6) is 0 Å². The maximum Gasteiger partial charge on any atom is 0.245 e. The smallest absolute Gasteiger partial charge is 0.245 e. The lowest BCUT2D eigenvalue weighted by atomic mass is 10.1. The molecule has 2 aromatic rings. The summed E-state index contributed by atoms with van der Waals surface area (Å²) in [5, 5.41) is 4.50. The van der Waals surface area contributed by atoms with Gasteiger partial charge in [0.05, 0.1) is 12.1 Å². The Kier molecular flexibility index (Phi) is 5.14. The number of nitrogens with zero attached hydrogens (tertiary/aromatic N) is 2. The van der Waals surface area contributed by atoms with Gasteiger partial charge >= 0.3 is 0 Å². The zero-order valence-electron chi connectivity index (χ0n) is 13.8. The molecule has 25 heavy (non-hydrogen) atoms. The monoisotopic (exact) mass is 355 g/mol. The van der Waals surface area contributed by atoms with E-state index in [0.717, 1.165) is 11.3 Å². The minimum atomic E-state index is -0.419. The van der Waals surface area contributed by atoms with Gasteiger partial charge in [-0.15, -0.1) is 0 Å². The second-order valence-corrected chi connectivity index (χ2v) is 6.40. The van der Waals surface area contributed by atoms with Crippen LogP contribution in [0.3, 0.4) is 0 Å². The van der Waals surface area contributed by atoms with Gasteiger partial charge < -0.3 is 4.90 Å². The summed E-state index contributed by atoms with van der Waals surface area (Å²) in [5.41, 5.74) is 5.15. The number of halogens is 1. The van der Waals surface area contributed by atoms with Gasteiger partial charge in [0.2, 0.25) is 11.8 Å². The van der Waals surface area contributed by atoms with E-state index in [2.05, 4.69) is 10.5 Å². The van der Waals surface area contributed by atoms with Crippen LogP contribution in [0, 0.1) is 12.8 Å². The molecule has 1 fully saturated rings. The van der Waals surface area contributed by atoms with Gasteiger partial charge in [0.15, 0.2) is 0 Å². The lowest BCUT2D eigenvalue weighted by molar-refractivity contribution is -0.126. The molecule has 3 rings (SSSR count). The maximum absolute atomic E-state index is 12.3. The third-order valence-electron chi connectivity index (χ3n) is 4.13. The largest absolute Gasteiger partial charge is 0.312 e. The van der Waals surface area contributed by atoms with Gasteiger partial charge in [0, 0.05) is 29.2 Å². The molecule has 2 aromatic carbocycles. The van der Waals surface area contributed by atoms with E-state index >= 15 is 0 Å². The van der Waals surface area contributed by atoms with Crippen LogP contribution in [0.4, 0.5) is 5.69 Å². The standard InChI is InChI=1S/C19H18ClN3O2/c1-13-6-8-16(9-7-13)23-12-15(10-18(23)24)19(25)22-21-11-14-4-2-3-5-17(14)20/h2-9,11,15H,10,12H2,1H3,(H,22,25)/b21-11+/t15-/m0/s1. The Morgan fingerprint density at radius 2 is 1.96 bits per heavy atom. The normalized spacial score (nSPS) is 17.3. The van der Waals surface area contributed by atoms with Crippen LogP contribution in [-0.2, 0) is 9.59 Å². The molecule has 0 radical (unpaired) electrons. The molecule has 1 heterocycles. The first-order valence-corrected chi connectivity index (χ1v) is 8.37. The molecule has 1 aliphatic rings. The van der Waals surface area contributed by atoms with Crippen LogP contribution in [0.1, 0.15) is 17.5 Å². The van der Waals surface area contributed by atoms with Crippen molar-refractivity contribution in [3.05, 3.63) is 64.7 Å². The third kappa shape index (κ3) is 4.06. The molecule has 0 bridgehead atoms. The molecule has 5 nitrogen and oxygen atoms in total. The minimum Gasteiger partial charge on any atom is -0.312 e. The summed E-state index contributed by atoms with van der Waals surface area (Å²) in [7, 11) is 0. The zero-order chi connectivity index (χ0) is 17.8. The van der Waals surface area contributed by atoms with Crippen molar-refractivity contribution < 1.29 is 9.59 Å². The van der Waals surface area contributed by atoms with Crippen molar-refractivity contribution >= 4 is 35.3 Å². The number of aryl methyl sites for hydroxylation is 1. The van der Waals surface area contributed by atoms with Gasteiger partial charge in [-0.25, -0.2) is 5.43 Å². The molecule has 0 saturated carbocycles. The Labute approximate surface area is 151 Å². The highest BCUT2D eigenvalue weighted by atomic mass is 35.5. The molecule has 6 heteroatoms. The summed E-state index contributed by atoms with van der Waals surface area (Å²) in [4.78, 5) is 26.1. The van der Waals surface area contributed by atoms with Gasteiger partial charge in [-0.2, -0.15) is 5.10 Å². The van der Waals surface area contributed by atoms with Crippen molar-refractivity contribution in [3.8, 4) is 0 Å². The highest BCUT2D eigenvalue weighted by Gasteiger charge is 2.35. The second kappa shape index (κ2) is 7.49. The summed E-state index contributed by atoms with van der Waals surface area (Å²) < 4.78 is 0. The van der Waals surface area contributed by atoms with Crippen molar-refractivity contribution in [2.45, 2.75) is 13.3 Å². The van der Waals surface area contributed by atoms with Gasteiger partial charge in [0.1, 0.15) is 0 Å². The molecule has 1 N–H and O–H groups in total. The van der Waals surface area contributed by atoms with E-state index < -0.39 is 5.92 Å². The Balaban J connectivity index is 1.61. The van der Waals surface area contributed by atoms with Crippen LogP contribution in [0.15, 0.2) is 53.6 Å². The quantitative estimate of drug-likeness (QED) is 0.676. The fraction of sp³-hybridized carbons (Fsp3) is 0.211. The zero-order valence-corrected chi connectivity index (χ0v) is 14.5. The van der Waals surface area contributed by atoms with Crippen molar-refractivity contribution in [3.63, 3.8) is 0 Å². The van der Waals surface area contributed by atoms with Crippen LogP contribution in [0.2, 0.25) is 5.02 Å². The van der Waals surface area contributed by atoms with E-state index in [0.29, 0.717) is 17.1 Å². The molecular weight excluding hydrogens is 338 g/mol. The van der Waals surface area contributed by atoms with Crippen LogP contribution in [0.25, 0.3) is 0 Å². The number of anilines is 1. The number of hydrogen-bond donors (Lipinski definition) is 1. The summed E-state index contributed by atoms with van der Waals surface area (Å²) >= 11 is 6.03. The lowest BCUT2D eigenvalue weighted by Gasteiger charge is -2.16. The minimum absolute atomic E-state index is 0.0564. The molecule has 0 aliphatic carbocycles. The third-order valence-corrected chi connectivity index (χ3v) is 4.47. The number of hydrogen-bond acceptors (Lipinski definition) is 3. The number of carbonyl (C=O) groups is 2. The first-order chi connectivity index (χ1) is 12.0. The molecule has 128 valence electrons. The number of rotatable bonds is 4. The molecule has 2 amide bonds. The Morgan fingerprint density at radius 3 is 2.68 bits per heavy atom. The van der Waals surface area contributed by atoms with Crippen LogP contribution >= 0.6 is 11.6 Å². The predicted octanol–water partition coefficient (Wildman–Crippen LogP) is 3.15. The summed E-state index contributed by atoms with van der Waals surface area (Å²) in [6.07, 6.45) is 1.68. The molecule has 0 spiro atoms. The highest BCUT2D eigenvalue weighted by Crippen LogP contribution is 2.25. The van der Waals surface area contributed by atoms with E-state index in [1.54, 1.807) is 17.0 Å². The molecule has 1 aliphatic heterocycles. The summed E-state index contributed by atoms with van der Waals surface area (Å²) in [5.74, 6) is -0.748. The highest BCUT2D eigenvalue weighted by molar-refractivity contribution is 6.33. The maximum atomic E-state index is 12.3. The molecule has 1 atom stereocenters. The lowest BCUT2D eigenvalue weighted by Crippen LogP contribution is -2.30. The van der Waals surface area contributed by atoms with Crippen molar-refractivity contribution in [2.75, 3.05) is 11.4 Å². The van der Waals surface area contributed by atoms with Crippen molar-refractivity contribution in [1.29, 1.82) is 0 Å². The molecular formula is C19H18ClN3O2. The average molecular weight is 356 g/mol. The van der Waals surface area contributed by atoms with E-state index in [1.165, 1.54) is 6.21 Å². The second-order valence-electron chi connectivity index (χ2n) is 6.00. The molecule has 0 unspecified atom stereocenters. The van der Waals surface area contributed by atoms with Gasteiger partial charge in [-0.1, -0.05) is 47.5 Å². The summed E-state index contributed by atoms with van der Waals surface area (Å²) in [6, 6.07) is 14.9. The van der Waals surface area contributed by atoms with E-state index in [1.807, 2.05) is 43.3 Å². The fourth-order valence-electron chi connectivity index (χ4n) is 2.69. The van der Waals surface area contributed by atoms with E-state index in [4.69, 9.17) is 11.6 Å². The summed E-state index contributed by atoms with van der Waals surface area (Å²) in [6.45, 7) is 2.35.